The number of hydrogen-bond donors (Lipinski definition) is 3. The molecule has 0 unspecified atom stereocenters. The molecular formula is C12H16FN3OS. The lowest BCUT2D eigenvalue weighted by Gasteiger charge is -2.15. The minimum absolute atomic E-state index is 0.0312. The van der Waals surface area contributed by atoms with E-state index in [1.807, 2.05) is 13.8 Å². The number of halogens is 1. The fraction of sp³-hybridized carbons (Fsp3) is 0.333. The topological polar surface area (TPSA) is 53.2 Å². The minimum atomic E-state index is -0.572. The highest BCUT2D eigenvalue weighted by Crippen LogP contribution is 2.05. The van der Waals surface area contributed by atoms with E-state index in [4.69, 9.17) is 12.2 Å². The molecule has 18 heavy (non-hydrogen) atoms. The van der Waals surface area contributed by atoms with E-state index in [1.165, 1.54) is 18.2 Å². The fourth-order valence-electron chi connectivity index (χ4n) is 1.19. The third-order valence-electron chi connectivity index (χ3n) is 2.40. The van der Waals surface area contributed by atoms with Crippen LogP contribution in [0.4, 0.5) is 4.39 Å². The number of hydrazine groups is 1. The number of rotatable bonds is 3. The molecule has 1 atom stereocenters. The van der Waals surface area contributed by atoms with Gasteiger partial charge in [0.2, 0.25) is 0 Å². The number of amides is 1. The molecule has 0 spiro atoms. The normalized spacial score (nSPS) is 11.5. The molecule has 4 nitrogen and oxygen atoms in total. The first-order valence-corrected chi connectivity index (χ1v) is 6.06. The Balaban J connectivity index is 2.47. The van der Waals surface area contributed by atoms with Gasteiger partial charge >= 0.3 is 0 Å². The van der Waals surface area contributed by atoms with Crippen LogP contribution in [0.1, 0.15) is 30.6 Å². The molecule has 0 fully saturated rings. The zero-order chi connectivity index (χ0) is 13.5. The smallest absolute Gasteiger partial charge is 0.272 e. The molecule has 0 heterocycles. The van der Waals surface area contributed by atoms with Gasteiger partial charge in [0.15, 0.2) is 5.11 Å². The number of hydrogen-bond acceptors (Lipinski definition) is 2. The van der Waals surface area contributed by atoms with Crippen LogP contribution in [-0.4, -0.2) is 17.1 Å². The van der Waals surface area contributed by atoms with Gasteiger partial charge in [0.05, 0.1) is 5.56 Å². The maximum Gasteiger partial charge on any atom is 0.272 e. The summed E-state index contributed by atoms with van der Waals surface area (Å²) < 4.78 is 13.3. The van der Waals surface area contributed by atoms with Crippen molar-refractivity contribution in [3.63, 3.8) is 0 Å². The van der Waals surface area contributed by atoms with E-state index in [1.54, 1.807) is 6.07 Å². The van der Waals surface area contributed by atoms with Gasteiger partial charge in [0.1, 0.15) is 5.82 Å². The molecule has 1 amide bonds. The van der Waals surface area contributed by atoms with Gasteiger partial charge in [-0.2, -0.15) is 0 Å². The molecule has 0 aliphatic heterocycles. The maximum atomic E-state index is 13.3. The van der Waals surface area contributed by atoms with Crippen molar-refractivity contribution < 1.29 is 9.18 Å². The molecule has 0 saturated heterocycles. The molecule has 0 bridgehead atoms. The molecule has 1 rings (SSSR count). The summed E-state index contributed by atoms with van der Waals surface area (Å²) in [6, 6.07) is 5.94. The first-order chi connectivity index (χ1) is 8.54. The Morgan fingerprint density at radius 3 is 2.67 bits per heavy atom. The molecule has 0 aliphatic carbocycles. The summed E-state index contributed by atoms with van der Waals surface area (Å²) in [5, 5.41) is 3.26. The molecule has 1 aromatic rings. The second-order valence-corrected chi connectivity index (χ2v) is 4.25. The molecule has 0 aliphatic rings. The Bertz CT molecular complexity index is 439. The average Bonchev–Trinajstić information content (AvgIpc) is 2.36. The SMILES string of the molecule is CC[C@@H](C)NC(=S)NNC(=O)c1ccccc1F. The molecule has 0 aromatic heterocycles. The van der Waals surface area contributed by atoms with Crippen LogP contribution in [0.2, 0.25) is 0 Å². The third-order valence-corrected chi connectivity index (χ3v) is 2.62. The summed E-state index contributed by atoms with van der Waals surface area (Å²) in [4.78, 5) is 11.6. The predicted octanol–water partition coefficient (Wildman–Crippen LogP) is 1.73. The van der Waals surface area contributed by atoms with Crippen molar-refractivity contribution in [1.29, 1.82) is 0 Å². The summed E-state index contributed by atoms with van der Waals surface area (Å²) in [6.07, 6.45) is 0.906. The quantitative estimate of drug-likeness (QED) is 0.578. The summed E-state index contributed by atoms with van der Waals surface area (Å²) >= 11 is 4.97. The van der Waals surface area contributed by atoms with Crippen LogP contribution >= 0.6 is 12.2 Å². The Kier molecular flexibility index (Phi) is 5.51. The van der Waals surface area contributed by atoms with Crippen LogP contribution in [0.25, 0.3) is 0 Å². The van der Waals surface area contributed by atoms with Crippen LogP contribution in [0.3, 0.4) is 0 Å². The molecule has 3 N–H and O–H groups in total. The van der Waals surface area contributed by atoms with Crippen molar-refractivity contribution >= 4 is 23.2 Å². The Labute approximate surface area is 111 Å². The van der Waals surface area contributed by atoms with Gasteiger partial charge in [0, 0.05) is 6.04 Å². The average molecular weight is 269 g/mol. The van der Waals surface area contributed by atoms with Crippen molar-refractivity contribution in [3.05, 3.63) is 35.6 Å². The van der Waals surface area contributed by atoms with Crippen molar-refractivity contribution in [2.24, 2.45) is 0 Å². The Morgan fingerprint density at radius 1 is 1.39 bits per heavy atom. The van der Waals surface area contributed by atoms with Crippen LogP contribution in [-0.2, 0) is 0 Å². The predicted molar refractivity (Wildman–Crippen MR) is 72.5 cm³/mol. The summed E-state index contributed by atoms with van der Waals surface area (Å²) in [5.74, 6) is -1.14. The van der Waals surface area contributed by atoms with Crippen molar-refractivity contribution in [2.75, 3.05) is 0 Å². The first kappa shape index (κ1) is 14.4. The number of carbonyl (C=O) groups is 1. The van der Waals surface area contributed by atoms with Gasteiger partial charge in [-0.05, 0) is 37.7 Å². The second kappa shape index (κ2) is 6.90. The molecule has 6 heteroatoms. The van der Waals surface area contributed by atoms with E-state index in [0.29, 0.717) is 5.11 Å². The number of nitrogens with one attached hydrogen (secondary N) is 3. The number of carbonyl (C=O) groups excluding carboxylic acids is 1. The lowest BCUT2D eigenvalue weighted by molar-refractivity contribution is 0.0939. The van der Waals surface area contributed by atoms with Gasteiger partial charge in [0.25, 0.3) is 5.91 Å². The van der Waals surface area contributed by atoms with Gasteiger partial charge in [-0.1, -0.05) is 19.1 Å². The Hall–Kier alpha value is -1.69. The second-order valence-electron chi connectivity index (χ2n) is 3.84. The highest BCUT2D eigenvalue weighted by molar-refractivity contribution is 7.80. The van der Waals surface area contributed by atoms with E-state index in [9.17, 15) is 9.18 Å². The lowest BCUT2D eigenvalue weighted by Crippen LogP contribution is -2.49. The molecular weight excluding hydrogens is 253 g/mol. The van der Waals surface area contributed by atoms with Crippen molar-refractivity contribution in [1.82, 2.24) is 16.2 Å². The molecule has 0 radical (unpaired) electrons. The van der Waals surface area contributed by atoms with E-state index in [2.05, 4.69) is 16.2 Å². The highest BCUT2D eigenvalue weighted by Gasteiger charge is 2.10. The van der Waals surface area contributed by atoms with Gasteiger partial charge in [-0.15, -0.1) is 0 Å². The Morgan fingerprint density at radius 2 is 2.06 bits per heavy atom. The van der Waals surface area contributed by atoms with E-state index in [0.717, 1.165) is 6.42 Å². The third kappa shape index (κ3) is 4.29. The van der Waals surface area contributed by atoms with Crippen LogP contribution in [0.15, 0.2) is 24.3 Å². The largest absolute Gasteiger partial charge is 0.359 e. The van der Waals surface area contributed by atoms with Crippen LogP contribution in [0, 0.1) is 5.82 Å². The maximum absolute atomic E-state index is 13.3. The van der Waals surface area contributed by atoms with Crippen LogP contribution < -0.4 is 16.2 Å². The van der Waals surface area contributed by atoms with Gasteiger partial charge in [-0.3, -0.25) is 15.6 Å². The highest BCUT2D eigenvalue weighted by atomic mass is 32.1. The zero-order valence-electron chi connectivity index (χ0n) is 10.3. The summed E-state index contributed by atoms with van der Waals surface area (Å²) in [5.41, 5.74) is 4.83. The molecule has 98 valence electrons. The van der Waals surface area contributed by atoms with Crippen molar-refractivity contribution in [2.45, 2.75) is 26.3 Å². The van der Waals surface area contributed by atoms with Crippen molar-refractivity contribution in [3.8, 4) is 0 Å². The standard InChI is InChI=1S/C12H16FN3OS/c1-3-8(2)14-12(18)16-15-11(17)9-6-4-5-7-10(9)13/h4-8H,3H2,1-2H3,(H,15,17)(H2,14,16,18)/t8-/m1/s1. The van der Waals surface area contributed by atoms with Crippen LogP contribution in [0.5, 0.6) is 0 Å². The number of benzene rings is 1. The lowest BCUT2D eigenvalue weighted by atomic mass is 10.2. The van der Waals surface area contributed by atoms with E-state index in [-0.39, 0.29) is 11.6 Å². The fourth-order valence-corrected chi connectivity index (χ4v) is 1.44. The minimum Gasteiger partial charge on any atom is -0.359 e. The summed E-state index contributed by atoms with van der Waals surface area (Å²) in [7, 11) is 0. The first-order valence-electron chi connectivity index (χ1n) is 5.66. The summed E-state index contributed by atoms with van der Waals surface area (Å²) in [6.45, 7) is 3.98. The molecule has 1 aromatic carbocycles. The zero-order valence-corrected chi connectivity index (χ0v) is 11.1. The van der Waals surface area contributed by atoms with Gasteiger partial charge in [-0.25, -0.2) is 4.39 Å². The van der Waals surface area contributed by atoms with E-state index >= 15 is 0 Å². The van der Waals surface area contributed by atoms with Gasteiger partial charge < -0.3 is 5.32 Å². The van der Waals surface area contributed by atoms with E-state index < -0.39 is 11.7 Å². The molecule has 0 saturated carbocycles. The monoisotopic (exact) mass is 269 g/mol. The number of thiocarbonyl (C=S) groups is 1.